The first kappa shape index (κ1) is 15.6. The third-order valence-electron chi connectivity index (χ3n) is 2.92. The van der Waals surface area contributed by atoms with Crippen LogP contribution in [0.4, 0.5) is 0 Å². The smallest absolute Gasteiger partial charge is 0.302 e. The maximum atomic E-state index is 10.5. The van der Waals surface area contributed by atoms with Gasteiger partial charge in [-0.2, -0.15) is 0 Å². The quantitative estimate of drug-likeness (QED) is 0.596. The fraction of sp³-hybridized carbons (Fsp3) is 0.909. The lowest BCUT2D eigenvalue weighted by atomic mass is 10.2. The maximum absolute atomic E-state index is 10.5. The van der Waals surface area contributed by atoms with Crippen molar-refractivity contribution in [1.29, 1.82) is 0 Å². The van der Waals surface area contributed by atoms with E-state index in [9.17, 15) is 9.90 Å². The van der Waals surface area contributed by atoms with E-state index in [1.807, 2.05) is 0 Å². The number of hydrogen-bond donors (Lipinski definition) is 1. The summed E-state index contributed by atoms with van der Waals surface area (Å²) in [4.78, 5) is 10.5. The summed E-state index contributed by atoms with van der Waals surface area (Å²) < 4.78 is 10.5. The molecule has 1 atom stereocenters. The second-order valence-corrected chi connectivity index (χ2v) is 10.3. The molecule has 0 aromatic carbocycles. The van der Waals surface area contributed by atoms with Crippen LogP contribution < -0.4 is 0 Å². The predicted molar refractivity (Wildman–Crippen MR) is 65.8 cm³/mol. The van der Waals surface area contributed by atoms with E-state index in [4.69, 9.17) is 9.16 Å². The Balaban J connectivity index is 4.00. The normalized spacial score (nSPS) is 14.7. The molecule has 0 bridgehead atoms. The number of carbonyl (C=O) groups is 1. The molecule has 0 unspecified atom stereocenters. The largest absolute Gasteiger partial charge is 0.463 e. The summed E-state index contributed by atoms with van der Waals surface area (Å²) in [7, 11) is -1.82. The molecular weight excluding hydrogens is 224 g/mol. The lowest BCUT2D eigenvalue weighted by molar-refractivity contribution is -0.144. The number of ether oxygens (including phenoxy) is 1. The Morgan fingerprint density at radius 1 is 1.31 bits per heavy atom. The first-order valence-electron chi connectivity index (χ1n) is 5.51. The third-order valence-corrected chi connectivity index (χ3v) is 7.42. The Morgan fingerprint density at radius 3 is 2.19 bits per heavy atom. The van der Waals surface area contributed by atoms with Crippen LogP contribution in [0.15, 0.2) is 0 Å². The lowest BCUT2D eigenvalue weighted by Gasteiger charge is -2.36. The van der Waals surface area contributed by atoms with Gasteiger partial charge < -0.3 is 14.3 Å². The number of esters is 1. The molecule has 4 nitrogen and oxygen atoms in total. The number of aliphatic hydroxyl groups excluding tert-OH is 1. The van der Waals surface area contributed by atoms with Crippen molar-refractivity contribution in [2.45, 2.75) is 51.9 Å². The SMILES string of the molecule is CC(=O)OC[C@H](O)CO[Si](C)(C)C(C)(C)C. The van der Waals surface area contributed by atoms with Gasteiger partial charge in [-0.1, -0.05) is 20.8 Å². The standard InChI is InChI=1S/C11H24O4Si/c1-9(12)14-7-10(13)8-15-16(5,6)11(2,3)4/h10,13H,7-8H2,1-6H3/t10-/m0/s1. The van der Waals surface area contributed by atoms with E-state index in [0.29, 0.717) is 0 Å². The monoisotopic (exact) mass is 248 g/mol. The molecule has 0 aliphatic carbocycles. The van der Waals surface area contributed by atoms with Gasteiger partial charge in [0.05, 0.1) is 6.61 Å². The summed E-state index contributed by atoms with van der Waals surface area (Å²) in [5.74, 6) is -0.383. The molecule has 0 aliphatic rings. The average molecular weight is 248 g/mol. The van der Waals surface area contributed by atoms with Crippen molar-refractivity contribution in [2.75, 3.05) is 13.2 Å². The molecule has 0 aromatic rings. The molecule has 0 saturated heterocycles. The van der Waals surface area contributed by atoms with Gasteiger partial charge in [-0.25, -0.2) is 0 Å². The molecule has 0 fully saturated rings. The molecule has 0 amide bonds. The van der Waals surface area contributed by atoms with Crippen molar-refractivity contribution in [2.24, 2.45) is 0 Å². The van der Waals surface area contributed by atoms with Crippen molar-refractivity contribution >= 4 is 14.3 Å². The van der Waals surface area contributed by atoms with Gasteiger partial charge in [0, 0.05) is 6.92 Å². The summed E-state index contributed by atoms with van der Waals surface area (Å²) in [6, 6.07) is 0. The molecule has 96 valence electrons. The van der Waals surface area contributed by atoms with Crippen LogP contribution in [-0.2, 0) is 14.0 Å². The second-order valence-electron chi connectivity index (χ2n) is 5.53. The fourth-order valence-corrected chi connectivity index (χ4v) is 1.82. The molecule has 0 aliphatic heterocycles. The Hall–Kier alpha value is -0.393. The van der Waals surface area contributed by atoms with Gasteiger partial charge in [0.15, 0.2) is 8.32 Å². The first-order chi connectivity index (χ1) is 7.06. The van der Waals surface area contributed by atoms with E-state index in [-0.39, 0.29) is 24.2 Å². The number of carbonyl (C=O) groups excluding carboxylic acids is 1. The molecule has 0 radical (unpaired) electrons. The number of hydrogen-bond acceptors (Lipinski definition) is 4. The minimum atomic E-state index is -1.82. The van der Waals surface area contributed by atoms with Crippen molar-refractivity contribution in [1.82, 2.24) is 0 Å². The summed E-state index contributed by atoms with van der Waals surface area (Å²) in [5, 5.41) is 9.67. The number of aliphatic hydroxyl groups is 1. The van der Waals surface area contributed by atoms with E-state index in [0.717, 1.165) is 0 Å². The van der Waals surface area contributed by atoms with Gasteiger partial charge in [0.1, 0.15) is 12.7 Å². The fourth-order valence-electron chi connectivity index (χ4n) is 0.783. The van der Waals surface area contributed by atoms with Crippen molar-refractivity contribution < 1.29 is 19.1 Å². The maximum Gasteiger partial charge on any atom is 0.302 e. The van der Waals surface area contributed by atoms with Crippen molar-refractivity contribution in [3.8, 4) is 0 Å². The molecule has 0 aromatic heterocycles. The van der Waals surface area contributed by atoms with Crippen LogP contribution in [0, 0.1) is 0 Å². The van der Waals surface area contributed by atoms with Gasteiger partial charge in [-0.15, -0.1) is 0 Å². The minimum Gasteiger partial charge on any atom is -0.463 e. The van der Waals surface area contributed by atoms with Crippen LogP contribution in [-0.4, -0.2) is 38.7 Å². The van der Waals surface area contributed by atoms with E-state index < -0.39 is 14.4 Å². The van der Waals surface area contributed by atoms with Crippen LogP contribution >= 0.6 is 0 Å². The van der Waals surface area contributed by atoms with Crippen LogP contribution in [0.1, 0.15) is 27.7 Å². The Labute approximate surface area is 99.1 Å². The Morgan fingerprint density at radius 2 is 1.81 bits per heavy atom. The molecule has 1 N–H and O–H groups in total. The van der Waals surface area contributed by atoms with E-state index >= 15 is 0 Å². The highest BCUT2D eigenvalue weighted by molar-refractivity contribution is 6.74. The second kappa shape index (κ2) is 5.79. The highest BCUT2D eigenvalue weighted by atomic mass is 28.4. The van der Waals surface area contributed by atoms with Crippen LogP contribution in [0.3, 0.4) is 0 Å². The molecular formula is C11H24O4Si. The zero-order chi connectivity index (χ0) is 13.0. The summed E-state index contributed by atoms with van der Waals surface area (Å²) in [6.07, 6.45) is -0.738. The van der Waals surface area contributed by atoms with Crippen LogP contribution in [0.25, 0.3) is 0 Å². The van der Waals surface area contributed by atoms with Gasteiger partial charge in [-0.3, -0.25) is 4.79 Å². The van der Waals surface area contributed by atoms with E-state index in [1.165, 1.54) is 6.92 Å². The predicted octanol–water partition coefficient (Wildman–Crippen LogP) is 1.93. The summed E-state index contributed by atoms with van der Waals surface area (Å²) >= 11 is 0. The topological polar surface area (TPSA) is 55.8 Å². The summed E-state index contributed by atoms with van der Waals surface area (Å²) in [5.41, 5.74) is 0. The highest BCUT2D eigenvalue weighted by Crippen LogP contribution is 2.36. The molecule has 0 rings (SSSR count). The van der Waals surface area contributed by atoms with Crippen molar-refractivity contribution in [3.05, 3.63) is 0 Å². The molecule has 0 spiro atoms. The number of rotatable bonds is 5. The molecule has 5 heteroatoms. The highest BCUT2D eigenvalue weighted by Gasteiger charge is 2.37. The van der Waals surface area contributed by atoms with Gasteiger partial charge in [0.25, 0.3) is 0 Å². The third kappa shape index (κ3) is 5.63. The molecule has 0 saturated carbocycles. The van der Waals surface area contributed by atoms with E-state index in [2.05, 4.69) is 33.9 Å². The Bertz CT molecular complexity index is 233. The van der Waals surface area contributed by atoms with Gasteiger partial charge in [0.2, 0.25) is 0 Å². The Kier molecular flexibility index (Phi) is 5.65. The molecule has 0 heterocycles. The minimum absolute atomic E-state index is 0.00392. The van der Waals surface area contributed by atoms with E-state index in [1.54, 1.807) is 0 Å². The van der Waals surface area contributed by atoms with Crippen LogP contribution in [0.5, 0.6) is 0 Å². The van der Waals surface area contributed by atoms with Gasteiger partial charge >= 0.3 is 5.97 Å². The lowest BCUT2D eigenvalue weighted by Crippen LogP contribution is -2.43. The zero-order valence-corrected chi connectivity index (χ0v) is 12.2. The van der Waals surface area contributed by atoms with Crippen molar-refractivity contribution in [3.63, 3.8) is 0 Å². The first-order valence-corrected chi connectivity index (χ1v) is 8.42. The molecule has 16 heavy (non-hydrogen) atoms. The zero-order valence-electron chi connectivity index (χ0n) is 11.2. The summed E-state index contributed by atoms with van der Waals surface area (Å²) in [6.45, 7) is 12.2. The van der Waals surface area contributed by atoms with Gasteiger partial charge in [-0.05, 0) is 18.1 Å². The van der Waals surface area contributed by atoms with Crippen LogP contribution in [0.2, 0.25) is 18.1 Å². The average Bonchev–Trinajstić information content (AvgIpc) is 2.09.